The molecule has 0 fully saturated rings. The highest BCUT2D eigenvalue weighted by Gasteiger charge is 2.08. The molecule has 0 saturated heterocycles. The predicted molar refractivity (Wildman–Crippen MR) is 52.6 cm³/mol. The first-order valence-electron chi connectivity index (χ1n) is 4.49. The first-order valence-corrected chi connectivity index (χ1v) is 4.49. The van der Waals surface area contributed by atoms with Crippen molar-refractivity contribution in [2.75, 3.05) is 5.32 Å². The number of hydrogen-bond acceptors (Lipinski definition) is 4. The van der Waals surface area contributed by atoms with Crippen LogP contribution in [0.5, 0.6) is 0 Å². The number of nitrogens with one attached hydrogen (secondary N) is 2. The molecule has 0 aliphatic heterocycles. The van der Waals surface area contributed by atoms with Crippen LogP contribution < -0.4 is 5.32 Å². The molecule has 0 aliphatic carbocycles. The lowest BCUT2D eigenvalue weighted by atomic mass is 10.3. The molecule has 1 unspecified atom stereocenters. The fourth-order valence-electron chi connectivity index (χ4n) is 1.17. The Bertz CT molecular complexity index is 411. The number of aromatic amines is 1. The maximum Gasteiger partial charge on any atom is 0.146 e. The summed E-state index contributed by atoms with van der Waals surface area (Å²) in [5.41, 5.74) is 0. The zero-order chi connectivity index (χ0) is 10.7. The summed E-state index contributed by atoms with van der Waals surface area (Å²) < 4.78 is 12.6. The van der Waals surface area contributed by atoms with Crippen molar-refractivity contribution in [2.45, 2.75) is 13.0 Å². The molecule has 15 heavy (non-hydrogen) atoms. The van der Waals surface area contributed by atoms with Gasteiger partial charge in [0.05, 0.1) is 12.2 Å². The van der Waals surface area contributed by atoms with Crippen LogP contribution in [0.25, 0.3) is 0 Å². The lowest BCUT2D eigenvalue weighted by molar-refractivity contribution is 0.621. The van der Waals surface area contributed by atoms with E-state index in [2.05, 4.69) is 25.5 Å². The summed E-state index contributed by atoms with van der Waals surface area (Å²) in [6, 6.07) is 2.87. The fourth-order valence-corrected chi connectivity index (χ4v) is 1.17. The predicted octanol–water partition coefficient (Wildman–Crippen LogP) is 1.51. The van der Waals surface area contributed by atoms with Gasteiger partial charge in [-0.2, -0.15) is 5.10 Å². The Hall–Kier alpha value is -1.98. The molecule has 0 aliphatic rings. The quantitative estimate of drug-likeness (QED) is 0.800. The third-order valence-electron chi connectivity index (χ3n) is 1.94. The van der Waals surface area contributed by atoms with Crippen molar-refractivity contribution in [3.63, 3.8) is 0 Å². The summed E-state index contributed by atoms with van der Waals surface area (Å²) in [5, 5.41) is 9.55. The second-order valence-electron chi connectivity index (χ2n) is 3.10. The summed E-state index contributed by atoms with van der Waals surface area (Å²) >= 11 is 0. The van der Waals surface area contributed by atoms with Crippen LogP contribution in [0, 0.1) is 5.82 Å². The van der Waals surface area contributed by atoms with Crippen molar-refractivity contribution in [2.24, 2.45) is 0 Å². The molecule has 2 N–H and O–H groups in total. The van der Waals surface area contributed by atoms with Crippen LogP contribution in [-0.4, -0.2) is 20.2 Å². The molecular formula is C9H10FN5. The third-order valence-corrected chi connectivity index (χ3v) is 1.94. The van der Waals surface area contributed by atoms with E-state index in [0.29, 0.717) is 11.6 Å². The maximum absolute atomic E-state index is 12.6. The molecule has 1 atom stereocenters. The number of aromatic nitrogens is 4. The van der Waals surface area contributed by atoms with E-state index in [1.165, 1.54) is 12.4 Å². The number of pyridine rings is 1. The highest BCUT2D eigenvalue weighted by molar-refractivity contribution is 5.35. The minimum atomic E-state index is -0.354. The second-order valence-corrected chi connectivity index (χ2v) is 3.10. The Morgan fingerprint density at radius 2 is 2.27 bits per heavy atom. The van der Waals surface area contributed by atoms with E-state index in [1.54, 1.807) is 6.07 Å². The number of rotatable bonds is 3. The summed E-state index contributed by atoms with van der Waals surface area (Å²) in [7, 11) is 0. The molecule has 0 radical (unpaired) electrons. The zero-order valence-corrected chi connectivity index (χ0v) is 8.11. The molecule has 6 heteroatoms. The second kappa shape index (κ2) is 4.04. The van der Waals surface area contributed by atoms with Crippen LogP contribution in [0.2, 0.25) is 0 Å². The molecule has 0 bridgehead atoms. The number of anilines is 1. The van der Waals surface area contributed by atoms with Gasteiger partial charge in [0.1, 0.15) is 23.8 Å². The van der Waals surface area contributed by atoms with Gasteiger partial charge in [-0.05, 0) is 19.1 Å². The first kappa shape index (κ1) is 9.57. The van der Waals surface area contributed by atoms with Gasteiger partial charge < -0.3 is 5.32 Å². The van der Waals surface area contributed by atoms with Crippen molar-refractivity contribution in [1.29, 1.82) is 0 Å². The summed E-state index contributed by atoms with van der Waals surface area (Å²) in [5.74, 6) is 0.953. The van der Waals surface area contributed by atoms with Crippen molar-refractivity contribution >= 4 is 5.82 Å². The van der Waals surface area contributed by atoms with Gasteiger partial charge >= 0.3 is 0 Å². The van der Waals surface area contributed by atoms with Crippen molar-refractivity contribution in [3.8, 4) is 0 Å². The molecule has 2 aromatic rings. The third kappa shape index (κ3) is 2.28. The largest absolute Gasteiger partial charge is 0.360 e. The molecule has 2 rings (SSSR count). The van der Waals surface area contributed by atoms with Crippen LogP contribution >= 0.6 is 0 Å². The van der Waals surface area contributed by atoms with Gasteiger partial charge in [0.15, 0.2) is 0 Å². The van der Waals surface area contributed by atoms with Crippen LogP contribution in [0.15, 0.2) is 24.7 Å². The minimum absolute atomic E-state index is 0.0505. The maximum atomic E-state index is 12.6. The van der Waals surface area contributed by atoms with E-state index in [4.69, 9.17) is 0 Å². The van der Waals surface area contributed by atoms with Crippen molar-refractivity contribution < 1.29 is 4.39 Å². The smallest absolute Gasteiger partial charge is 0.146 e. The van der Waals surface area contributed by atoms with Crippen LogP contribution in [0.3, 0.4) is 0 Å². The summed E-state index contributed by atoms with van der Waals surface area (Å²) in [6.07, 6.45) is 2.60. The lowest BCUT2D eigenvalue weighted by Crippen LogP contribution is -2.09. The Kier molecular flexibility index (Phi) is 2.57. The Morgan fingerprint density at radius 3 is 2.87 bits per heavy atom. The molecule has 2 aromatic heterocycles. The Labute approximate surface area is 85.8 Å². The number of hydrogen-bond donors (Lipinski definition) is 2. The van der Waals surface area contributed by atoms with Gasteiger partial charge in [0.2, 0.25) is 0 Å². The SMILES string of the molecule is CC(Nc1ccc(F)cn1)c1ncn[nH]1. The van der Waals surface area contributed by atoms with Gasteiger partial charge in [-0.1, -0.05) is 0 Å². The van der Waals surface area contributed by atoms with Gasteiger partial charge in [-0.25, -0.2) is 14.4 Å². The minimum Gasteiger partial charge on any atom is -0.360 e. The summed E-state index contributed by atoms with van der Waals surface area (Å²) in [4.78, 5) is 7.88. The Morgan fingerprint density at radius 1 is 1.40 bits per heavy atom. The van der Waals surface area contributed by atoms with Crippen LogP contribution in [0.4, 0.5) is 10.2 Å². The topological polar surface area (TPSA) is 66.5 Å². The van der Waals surface area contributed by atoms with Crippen molar-refractivity contribution in [1.82, 2.24) is 20.2 Å². The molecule has 0 aromatic carbocycles. The van der Waals surface area contributed by atoms with Crippen LogP contribution in [0.1, 0.15) is 18.8 Å². The number of halogens is 1. The number of H-pyrrole nitrogens is 1. The van der Waals surface area contributed by atoms with Gasteiger partial charge in [-0.3, -0.25) is 5.10 Å². The lowest BCUT2D eigenvalue weighted by Gasteiger charge is -2.10. The fraction of sp³-hybridized carbons (Fsp3) is 0.222. The highest BCUT2D eigenvalue weighted by atomic mass is 19.1. The molecular weight excluding hydrogens is 197 g/mol. The van der Waals surface area contributed by atoms with E-state index in [1.807, 2.05) is 6.92 Å². The number of nitrogens with zero attached hydrogens (tertiary/aromatic N) is 3. The van der Waals surface area contributed by atoms with E-state index < -0.39 is 0 Å². The molecule has 2 heterocycles. The average molecular weight is 207 g/mol. The average Bonchev–Trinajstić information content (AvgIpc) is 2.74. The normalized spacial score (nSPS) is 12.4. The molecule has 5 nitrogen and oxygen atoms in total. The molecule has 0 amide bonds. The van der Waals surface area contributed by atoms with Gasteiger partial charge in [-0.15, -0.1) is 0 Å². The molecule has 0 spiro atoms. The van der Waals surface area contributed by atoms with E-state index in [-0.39, 0.29) is 11.9 Å². The summed E-state index contributed by atoms with van der Waals surface area (Å²) in [6.45, 7) is 1.91. The van der Waals surface area contributed by atoms with E-state index >= 15 is 0 Å². The first-order chi connectivity index (χ1) is 7.25. The highest BCUT2D eigenvalue weighted by Crippen LogP contribution is 2.13. The van der Waals surface area contributed by atoms with Gasteiger partial charge in [0, 0.05) is 0 Å². The van der Waals surface area contributed by atoms with Crippen LogP contribution in [-0.2, 0) is 0 Å². The van der Waals surface area contributed by atoms with Gasteiger partial charge in [0.25, 0.3) is 0 Å². The van der Waals surface area contributed by atoms with Crippen molar-refractivity contribution in [3.05, 3.63) is 36.3 Å². The van der Waals surface area contributed by atoms with E-state index in [9.17, 15) is 4.39 Å². The molecule has 78 valence electrons. The van der Waals surface area contributed by atoms with E-state index in [0.717, 1.165) is 6.20 Å². The zero-order valence-electron chi connectivity index (χ0n) is 8.11. The Balaban J connectivity index is 2.06. The standard InChI is InChI=1S/C9H10FN5/c1-6(9-12-5-13-15-9)14-8-3-2-7(10)4-11-8/h2-6H,1H3,(H,11,14)(H,12,13,15). The monoisotopic (exact) mass is 207 g/mol. The molecule has 0 saturated carbocycles.